The third-order valence-corrected chi connectivity index (χ3v) is 1.29. The standard InChI is InChI=1S/C6H8O7.4Na.H2O.4H/c7-3(8)1-6(13,5(11)12)2-4(9)10;;;;;;;;;/h13H,1-2H2,(H,7,8)(H,9,10)(H,11,12);;;;;1H2;;;;/q;4*+1;;4*-1. The van der Waals surface area contributed by atoms with Gasteiger partial charge in [0, 0.05) is 0 Å². The zero-order valence-electron chi connectivity index (χ0n) is 14.9. The minimum absolute atomic E-state index is 0. The van der Waals surface area contributed by atoms with Crippen molar-refractivity contribution < 1.29 is 164 Å². The van der Waals surface area contributed by atoms with Crippen molar-refractivity contribution in [2.24, 2.45) is 0 Å². The molecule has 0 unspecified atom stereocenters. The van der Waals surface area contributed by atoms with Gasteiger partial charge in [-0.15, -0.1) is 0 Å². The molecule has 18 heavy (non-hydrogen) atoms. The summed E-state index contributed by atoms with van der Waals surface area (Å²) in [6, 6.07) is 0. The van der Waals surface area contributed by atoms with Gasteiger partial charge in [0.05, 0.1) is 12.8 Å². The molecule has 0 aromatic rings. The van der Waals surface area contributed by atoms with E-state index >= 15 is 0 Å². The summed E-state index contributed by atoms with van der Waals surface area (Å²) in [5.41, 5.74) is -2.74. The van der Waals surface area contributed by atoms with E-state index < -0.39 is 36.4 Å². The summed E-state index contributed by atoms with van der Waals surface area (Å²) in [5.74, 6) is -5.02. The average molecular weight is 306 g/mol. The molecule has 0 heterocycles. The maximum atomic E-state index is 10.3. The number of aliphatic hydroxyl groups is 1. The quantitative estimate of drug-likeness (QED) is 0.366. The summed E-state index contributed by atoms with van der Waals surface area (Å²) >= 11 is 0. The monoisotopic (exact) mass is 306 g/mol. The van der Waals surface area contributed by atoms with Crippen LogP contribution < -0.4 is 118 Å². The molecule has 6 N–H and O–H groups in total. The van der Waals surface area contributed by atoms with E-state index in [0.29, 0.717) is 0 Å². The van der Waals surface area contributed by atoms with Crippen molar-refractivity contribution in [2.75, 3.05) is 0 Å². The normalized spacial score (nSPS) is 7.83. The van der Waals surface area contributed by atoms with E-state index in [1.165, 1.54) is 0 Å². The molecule has 0 fully saturated rings. The first kappa shape index (κ1) is 37.0. The van der Waals surface area contributed by atoms with Gasteiger partial charge in [-0.2, -0.15) is 0 Å². The third kappa shape index (κ3) is 16.4. The minimum atomic E-state index is -2.74. The van der Waals surface area contributed by atoms with Gasteiger partial charge < -0.3 is 31.6 Å². The number of aliphatic carboxylic acids is 3. The molecule has 0 saturated carbocycles. The van der Waals surface area contributed by atoms with Crippen LogP contribution in [0.5, 0.6) is 0 Å². The van der Waals surface area contributed by atoms with Crippen LogP contribution in [-0.2, 0) is 14.4 Å². The smallest absolute Gasteiger partial charge is 1.00 e. The van der Waals surface area contributed by atoms with Crippen molar-refractivity contribution in [3.63, 3.8) is 0 Å². The van der Waals surface area contributed by atoms with E-state index in [9.17, 15) is 14.4 Å². The first-order valence-electron chi connectivity index (χ1n) is 3.17. The molecule has 0 aliphatic heterocycles. The van der Waals surface area contributed by atoms with E-state index in [-0.39, 0.29) is 129 Å². The van der Waals surface area contributed by atoms with Gasteiger partial charge in [0.1, 0.15) is 0 Å². The molecule has 0 amide bonds. The fourth-order valence-electron chi connectivity index (χ4n) is 0.714. The van der Waals surface area contributed by atoms with Crippen LogP contribution in [0.2, 0.25) is 0 Å². The summed E-state index contributed by atoms with van der Waals surface area (Å²) in [7, 11) is 0. The van der Waals surface area contributed by atoms with E-state index in [4.69, 9.17) is 20.4 Å². The number of hydrogen-bond acceptors (Lipinski definition) is 4. The predicted octanol–water partition coefficient (Wildman–Crippen LogP) is -13.6. The third-order valence-electron chi connectivity index (χ3n) is 1.29. The Morgan fingerprint density at radius 1 is 0.833 bits per heavy atom. The van der Waals surface area contributed by atoms with Gasteiger partial charge in [-0.3, -0.25) is 9.59 Å². The van der Waals surface area contributed by atoms with Crippen LogP contribution in [0.1, 0.15) is 18.5 Å². The van der Waals surface area contributed by atoms with Crippen molar-refractivity contribution in [3.8, 4) is 0 Å². The molecule has 0 aliphatic rings. The van der Waals surface area contributed by atoms with Gasteiger partial charge >= 0.3 is 136 Å². The number of carbonyl (C=O) groups is 3. The average Bonchev–Trinajstić information content (AvgIpc) is 1.82. The van der Waals surface area contributed by atoms with Crippen LogP contribution in [0.3, 0.4) is 0 Å². The van der Waals surface area contributed by atoms with Crippen LogP contribution >= 0.6 is 0 Å². The van der Waals surface area contributed by atoms with Crippen molar-refractivity contribution >= 4 is 17.9 Å². The molecule has 0 radical (unpaired) electrons. The Bertz CT molecular complexity index is 257. The molecule has 12 heteroatoms. The van der Waals surface area contributed by atoms with Crippen molar-refractivity contribution in [1.29, 1.82) is 0 Å². The molecule has 0 aromatic carbocycles. The second kappa shape index (κ2) is 17.4. The largest absolute Gasteiger partial charge is 1.00 e. The van der Waals surface area contributed by atoms with Crippen LogP contribution in [0, 0.1) is 0 Å². The molecule has 0 atom stereocenters. The SMILES string of the molecule is O.O=C(O)CC(O)(CC(=O)O)C(=O)O.[H-].[H-].[H-].[H-].[Na+].[Na+].[Na+].[Na+]. The number of hydrogen-bond donors (Lipinski definition) is 4. The maximum absolute atomic E-state index is 10.3. The summed E-state index contributed by atoms with van der Waals surface area (Å²) in [4.78, 5) is 30.5. The van der Waals surface area contributed by atoms with E-state index in [0.717, 1.165) is 0 Å². The Morgan fingerprint density at radius 3 is 1.17 bits per heavy atom. The van der Waals surface area contributed by atoms with Crippen LogP contribution in [0.4, 0.5) is 0 Å². The first-order valence-corrected chi connectivity index (χ1v) is 3.17. The summed E-state index contributed by atoms with van der Waals surface area (Å²) in [6.07, 6.45) is -2.29. The molecular formula is C6H14Na4O8. The van der Waals surface area contributed by atoms with E-state index in [2.05, 4.69) is 0 Å². The molecule has 0 spiro atoms. The van der Waals surface area contributed by atoms with Crippen molar-refractivity contribution in [2.45, 2.75) is 18.4 Å². The zero-order chi connectivity index (χ0) is 10.6. The molecule has 0 aromatic heterocycles. The van der Waals surface area contributed by atoms with Crippen LogP contribution in [0.25, 0.3) is 0 Å². The van der Waals surface area contributed by atoms with E-state index in [1.54, 1.807) is 0 Å². The molecule has 0 rings (SSSR count). The zero-order valence-corrected chi connectivity index (χ0v) is 18.9. The molecular weight excluding hydrogens is 292 g/mol. The second-order valence-corrected chi connectivity index (χ2v) is 2.48. The Hall–Kier alpha value is 2.33. The van der Waals surface area contributed by atoms with E-state index in [1.807, 2.05) is 0 Å². The van der Waals surface area contributed by atoms with Gasteiger partial charge in [0.25, 0.3) is 0 Å². The number of carboxylic acids is 3. The summed E-state index contributed by atoms with van der Waals surface area (Å²) in [5, 5.41) is 33.8. The van der Waals surface area contributed by atoms with Gasteiger partial charge in [0.15, 0.2) is 5.60 Å². The van der Waals surface area contributed by atoms with Crippen LogP contribution in [-0.4, -0.2) is 49.4 Å². The Labute approximate surface area is 197 Å². The van der Waals surface area contributed by atoms with Gasteiger partial charge in [-0.1, -0.05) is 0 Å². The number of carboxylic acid groups (broad SMARTS) is 3. The fourth-order valence-corrected chi connectivity index (χ4v) is 0.714. The van der Waals surface area contributed by atoms with Gasteiger partial charge in [-0.25, -0.2) is 4.79 Å². The Balaban J connectivity index is -0.0000000200. The fraction of sp³-hybridized carbons (Fsp3) is 0.500. The first-order chi connectivity index (χ1) is 5.78. The van der Waals surface area contributed by atoms with Gasteiger partial charge in [0.2, 0.25) is 0 Å². The molecule has 90 valence electrons. The molecule has 0 aliphatic carbocycles. The summed E-state index contributed by atoms with van der Waals surface area (Å²) < 4.78 is 0. The predicted molar refractivity (Wildman–Crippen MR) is 45.2 cm³/mol. The minimum Gasteiger partial charge on any atom is -1.00 e. The maximum Gasteiger partial charge on any atom is 1.00 e. The molecule has 8 nitrogen and oxygen atoms in total. The Kier molecular flexibility index (Phi) is 35.7. The Morgan fingerprint density at radius 2 is 1.06 bits per heavy atom. The molecule has 0 bridgehead atoms. The van der Waals surface area contributed by atoms with Crippen molar-refractivity contribution in [1.82, 2.24) is 0 Å². The molecule has 0 saturated heterocycles. The van der Waals surface area contributed by atoms with Crippen molar-refractivity contribution in [3.05, 3.63) is 0 Å². The van der Waals surface area contributed by atoms with Crippen LogP contribution in [0.15, 0.2) is 0 Å². The van der Waals surface area contributed by atoms with Gasteiger partial charge in [-0.05, 0) is 0 Å². The topological polar surface area (TPSA) is 164 Å². The summed E-state index contributed by atoms with van der Waals surface area (Å²) in [6.45, 7) is 0. The number of rotatable bonds is 5. The second-order valence-electron chi connectivity index (χ2n) is 2.48.